The minimum absolute atomic E-state index is 0.0650. The highest BCUT2D eigenvalue weighted by Gasteiger charge is 2.32. The molecule has 0 fully saturated rings. The number of carbonyl (C=O) groups excluding carboxylic acids is 3. The number of rotatable bonds is 9. The number of para-hydroxylation sites is 1. The molecular weight excluding hydrogens is 424 g/mol. The summed E-state index contributed by atoms with van der Waals surface area (Å²) < 4.78 is 16.5. The van der Waals surface area contributed by atoms with Crippen LogP contribution in [0.4, 0.5) is 5.69 Å². The van der Waals surface area contributed by atoms with Crippen molar-refractivity contribution >= 4 is 23.5 Å². The third kappa shape index (κ3) is 6.25. The van der Waals surface area contributed by atoms with E-state index in [-0.39, 0.29) is 18.1 Å². The zero-order valence-electron chi connectivity index (χ0n) is 19.5. The molecule has 8 nitrogen and oxygen atoms in total. The summed E-state index contributed by atoms with van der Waals surface area (Å²) in [6, 6.07) is 12.1. The second-order valence-electron chi connectivity index (χ2n) is 8.34. The van der Waals surface area contributed by atoms with Crippen LogP contribution >= 0.6 is 0 Å². The zero-order chi connectivity index (χ0) is 24.0. The number of esters is 1. The Morgan fingerprint density at radius 3 is 2.39 bits per heavy atom. The standard InChI is InChI=1S/C25H30N2O6/c1-5-27(6-2)24(30)17-10-12-19(13-11-17)26-21(28)15-32-22(29)16-31-20-9-7-8-18-14-25(3,4)33-23(18)20/h7-13H,5-6,14-16H2,1-4H3,(H,26,28). The van der Waals surface area contributed by atoms with Gasteiger partial charge in [0.05, 0.1) is 0 Å². The maximum absolute atomic E-state index is 12.3. The number of amides is 2. The van der Waals surface area contributed by atoms with E-state index in [1.807, 2.05) is 39.8 Å². The van der Waals surface area contributed by atoms with E-state index in [2.05, 4.69) is 5.32 Å². The lowest BCUT2D eigenvalue weighted by Crippen LogP contribution is -2.30. The van der Waals surface area contributed by atoms with Crippen LogP contribution in [0.5, 0.6) is 11.5 Å². The van der Waals surface area contributed by atoms with Crippen molar-refractivity contribution in [3.8, 4) is 11.5 Å². The van der Waals surface area contributed by atoms with Crippen molar-refractivity contribution in [3.63, 3.8) is 0 Å². The van der Waals surface area contributed by atoms with Gasteiger partial charge in [0.2, 0.25) is 0 Å². The smallest absolute Gasteiger partial charge is 0.344 e. The van der Waals surface area contributed by atoms with E-state index >= 15 is 0 Å². The van der Waals surface area contributed by atoms with Crippen molar-refractivity contribution in [2.45, 2.75) is 39.7 Å². The molecular formula is C25H30N2O6. The number of hydrogen-bond acceptors (Lipinski definition) is 6. The molecule has 0 bridgehead atoms. The Hall–Kier alpha value is -3.55. The molecule has 2 aromatic rings. The van der Waals surface area contributed by atoms with Crippen molar-refractivity contribution in [3.05, 3.63) is 53.6 Å². The molecule has 176 valence electrons. The Labute approximate surface area is 193 Å². The number of fused-ring (bicyclic) bond motifs is 1. The summed E-state index contributed by atoms with van der Waals surface area (Å²) in [5.41, 5.74) is 1.75. The van der Waals surface area contributed by atoms with Gasteiger partial charge in [-0.15, -0.1) is 0 Å². The molecule has 2 amide bonds. The summed E-state index contributed by atoms with van der Waals surface area (Å²) in [5, 5.41) is 2.64. The van der Waals surface area contributed by atoms with Crippen LogP contribution in [0.3, 0.4) is 0 Å². The molecule has 1 N–H and O–H groups in total. The first-order valence-electron chi connectivity index (χ1n) is 11.0. The second kappa shape index (κ2) is 10.4. The minimum atomic E-state index is -0.667. The highest BCUT2D eigenvalue weighted by atomic mass is 16.6. The van der Waals surface area contributed by atoms with E-state index in [0.717, 1.165) is 12.0 Å². The Balaban J connectivity index is 1.45. The zero-order valence-corrected chi connectivity index (χ0v) is 19.5. The molecule has 0 saturated carbocycles. The monoisotopic (exact) mass is 454 g/mol. The van der Waals surface area contributed by atoms with Gasteiger partial charge in [0.1, 0.15) is 5.60 Å². The van der Waals surface area contributed by atoms with E-state index in [1.54, 1.807) is 35.2 Å². The number of hydrogen-bond donors (Lipinski definition) is 1. The summed E-state index contributed by atoms with van der Waals surface area (Å²) >= 11 is 0. The Bertz CT molecular complexity index is 1010. The average molecular weight is 455 g/mol. The van der Waals surface area contributed by atoms with Crippen LogP contribution in [0, 0.1) is 0 Å². The summed E-state index contributed by atoms with van der Waals surface area (Å²) in [6.07, 6.45) is 0.759. The van der Waals surface area contributed by atoms with E-state index in [1.165, 1.54) is 0 Å². The highest BCUT2D eigenvalue weighted by molar-refractivity contribution is 5.96. The first kappa shape index (κ1) is 24.1. The lowest BCUT2D eigenvalue weighted by Gasteiger charge is -2.18. The molecule has 0 atom stereocenters. The van der Waals surface area contributed by atoms with Gasteiger partial charge in [-0.25, -0.2) is 4.79 Å². The number of nitrogens with zero attached hydrogens (tertiary/aromatic N) is 1. The molecule has 2 aromatic carbocycles. The molecule has 1 aliphatic heterocycles. The molecule has 0 aliphatic carbocycles. The average Bonchev–Trinajstić information content (AvgIpc) is 3.12. The highest BCUT2D eigenvalue weighted by Crippen LogP contribution is 2.41. The van der Waals surface area contributed by atoms with Gasteiger partial charge in [-0.1, -0.05) is 12.1 Å². The van der Waals surface area contributed by atoms with Crippen molar-refractivity contribution in [1.82, 2.24) is 4.90 Å². The van der Waals surface area contributed by atoms with Gasteiger partial charge in [-0.05, 0) is 58.0 Å². The number of ether oxygens (including phenoxy) is 3. The Kier molecular flexibility index (Phi) is 7.58. The van der Waals surface area contributed by atoms with E-state index in [4.69, 9.17) is 14.2 Å². The molecule has 1 heterocycles. The van der Waals surface area contributed by atoms with E-state index in [0.29, 0.717) is 35.8 Å². The largest absolute Gasteiger partial charge is 0.483 e. The molecule has 0 aromatic heterocycles. The van der Waals surface area contributed by atoms with E-state index < -0.39 is 18.5 Å². The summed E-state index contributed by atoms with van der Waals surface area (Å²) in [6.45, 7) is 8.28. The van der Waals surface area contributed by atoms with E-state index in [9.17, 15) is 14.4 Å². The van der Waals surface area contributed by atoms with Crippen LogP contribution < -0.4 is 14.8 Å². The van der Waals surface area contributed by atoms with Crippen LogP contribution in [-0.4, -0.2) is 54.6 Å². The number of nitrogens with one attached hydrogen (secondary N) is 1. The van der Waals surface area contributed by atoms with Crippen LogP contribution in [0.15, 0.2) is 42.5 Å². The van der Waals surface area contributed by atoms with Crippen molar-refractivity contribution in [2.75, 3.05) is 31.6 Å². The normalized spacial score (nSPS) is 13.5. The summed E-state index contributed by atoms with van der Waals surface area (Å²) in [7, 11) is 0. The third-order valence-electron chi connectivity index (χ3n) is 5.23. The van der Waals surface area contributed by atoms with Gasteiger partial charge < -0.3 is 24.4 Å². The SMILES string of the molecule is CCN(CC)C(=O)c1ccc(NC(=O)COC(=O)COc2cccc3c2OC(C)(C)C3)cc1. The molecule has 33 heavy (non-hydrogen) atoms. The molecule has 1 aliphatic rings. The van der Waals surface area contributed by atoms with Gasteiger partial charge >= 0.3 is 5.97 Å². The molecule has 8 heteroatoms. The van der Waals surface area contributed by atoms with Gasteiger partial charge in [0.25, 0.3) is 11.8 Å². The van der Waals surface area contributed by atoms with Crippen LogP contribution in [0.2, 0.25) is 0 Å². The Morgan fingerprint density at radius 1 is 1.03 bits per heavy atom. The number of carbonyl (C=O) groups is 3. The first-order chi connectivity index (χ1) is 15.7. The van der Waals surface area contributed by atoms with Crippen LogP contribution in [0.25, 0.3) is 0 Å². The van der Waals surface area contributed by atoms with Crippen LogP contribution in [-0.2, 0) is 20.7 Å². The first-order valence-corrected chi connectivity index (χ1v) is 11.0. The van der Waals surface area contributed by atoms with Gasteiger partial charge in [0.15, 0.2) is 24.7 Å². The number of benzene rings is 2. The lowest BCUT2D eigenvalue weighted by atomic mass is 10.0. The fourth-order valence-corrected chi connectivity index (χ4v) is 3.61. The van der Waals surface area contributed by atoms with Gasteiger partial charge in [-0.3, -0.25) is 9.59 Å². The predicted molar refractivity (Wildman–Crippen MR) is 124 cm³/mol. The molecule has 0 saturated heterocycles. The molecule has 0 unspecified atom stereocenters. The summed E-state index contributed by atoms with van der Waals surface area (Å²) in [4.78, 5) is 38.2. The fraction of sp³-hybridized carbons (Fsp3) is 0.400. The van der Waals surface area contributed by atoms with Crippen LogP contribution in [0.1, 0.15) is 43.6 Å². The van der Waals surface area contributed by atoms with Gasteiger partial charge in [-0.2, -0.15) is 0 Å². The van der Waals surface area contributed by atoms with Gasteiger partial charge in [0, 0.05) is 36.3 Å². The summed E-state index contributed by atoms with van der Waals surface area (Å²) in [5.74, 6) is -0.114. The van der Waals surface area contributed by atoms with Crippen molar-refractivity contribution < 1.29 is 28.6 Å². The molecule has 0 spiro atoms. The van der Waals surface area contributed by atoms with Crippen molar-refractivity contribution in [2.24, 2.45) is 0 Å². The maximum Gasteiger partial charge on any atom is 0.344 e. The molecule has 3 rings (SSSR count). The van der Waals surface area contributed by atoms with Crippen molar-refractivity contribution in [1.29, 1.82) is 0 Å². The third-order valence-corrected chi connectivity index (χ3v) is 5.23. The number of anilines is 1. The maximum atomic E-state index is 12.3. The second-order valence-corrected chi connectivity index (χ2v) is 8.34. The quantitative estimate of drug-likeness (QED) is 0.584. The Morgan fingerprint density at radius 2 is 1.73 bits per heavy atom. The molecule has 0 radical (unpaired) electrons. The predicted octanol–water partition coefficient (Wildman–Crippen LogP) is 3.44. The topological polar surface area (TPSA) is 94.2 Å². The lowest BCUT2D eigenvalue weighted by molar-refractivity contribution is -0.149. The fourth-order valence-electron chi connectivity index (χ4n) is 3.61. The minimum Gasteiger partial charge on any atom is -0.483 e.